The molecule has 5 heteroatoms. The fourth-order valence-corrected chi connectivity index (χ4v) is 3.41. The van der Waals surface area contributed by atoms with Crippen molar-refractivity contribution in [2.24, 2.45) is 11.8 Å². The fraction of sp³-hybridized carbons (Fsp3) is 0.682. The SMILES string of the molecule is CCCCCCC=C[C@H]1CCC(=O)[C@@H]1CC=C=C(CC)CC(O)(O)C(=O)O. The molecule has 1 aliphatic rings. The Morgan fingerprint density at radius 3 is 2.63 bits per heavy atom. The summed E-state index contributed by atoms with van der Waals surface area (Å²) in [5.41, 5.74) is 3.48. The highest BCUT2D eigenvalue weighted by Crippen LogP contribution is 2.33. The number of rotatable bonds is 12. The molecule has 3 N–H and O–H groups in total. The summed E-state index contributed by atoms with van der Waals surface area (Å²) in [4.78, 5) is 23.0. The quantitative estimate of drug-likeness (QED) is 0.205. The van der Waals surface area contributed by atoms with Crippen LogP contribution in [0, 0.1) is 11.8 Å². The molecule has 5 nitrogen and oxygen atoms in total. The molecule has 1 rings (SSSR count). The summed E-state index contributed by atoms with van der Waals surface area (Å²) < 4.78 is 0. The minimum absolute atomic E-state index is 0.0602. The molecule has 0 saturated heterocycles. The van der Waals surface area contributed by atoms with E-state index in [4.69, 9.17) is 5.11 Å². The number of aliphatic carboxylic acids is 1. The first-order valence-electron chi connectivity index (χ1n) is 10.1. The van der Waals surface area contributed by atoms with Gasteiger partial charge >= 0.3 is 5.97 Å². The van der Waals surface area contributed by atoms with Crippen molar-refractivity contribution >= 4 is 11.8 Å². The van der Waals surface area contributed by atoms with Crippen molar-refractivity contribution in [3.8, 4) is 0 Å². The zero-order valence-corrected chi connectivity index (χ0v) is 16.6. The molecule has 1 saturated carbocycles. The van der Waals surface area contributed by atoms with E-state index >= 15 is 0 Å². The van der Waals surface area contributed by atoms with E-state index < -0.39 is 18.2 Å². The third-order valence-electron chi connectivity index (χ3n) is 5.17. The van der Waals surface area contributed by atoms with E-state index in [-0.39, 0.29) is 17.6 Å². The molecule has 0 unspecified atom stereocenters. The van der Waals surface area contributed by atoms with Crippen molar-refractivity contribution in [1.29, 1.82) is 0 Å². The summed E-state index contributed by atoms with van der Waals surface area (Å²) in [5.74, 6) is -4.00. The van der Waals surface area contributed by atoms with Crippen LogP contribution in [0.1, 0.15) is 78.1 Å². The Hall–Kier alpha value is -1.68. The van der Waals surface area contributed by atoms with Crippen LogP contribution in [0.15, 0.2) is 29.5 Å². The summed E-state index contributed by atoms with van der Waals surface area (Å²) in [7, 11) is 0. The number of ketones is 1. The number of hydrogen-bond donors (Lipinski definition) is 3. The van der Waals surface area contributed by atoms with Crippen LogP contribution in [0.2, 0.25) is 0 Å². The van der Waals surface area contributed by atoms with Crippen LogP contribution in [0.3, 0.4) is 0 Å². The third-order valence-corrected chi connectivity index (χ3v) is 5.17. The van der Waals surface area contributed by atoms with Gasteiger partial charge < -0.3 is 15.3 Å². The first-order chi connectivity index (χ1) is 12.8. The predicted octanol–water partition coefficient (Wildman–Crippen LogP) is 4.15. The number of carbonyl (C=O) groups excluding carboxylic acids is 1. The summed E-state index contributed by atoms with van der Waals surface area (Å²) in [6, 6.07) is 0. The number of carboxylic acids is 1. The minimum Gasteiger partial charge on any atom is -0.477 e. The number of hydrogen-bond acceptors (Lipinski definition) is 4. The van der Waals surface area contributed by atoms with Gasteiger partial charge in [-0.2, -0.15) is 0 Å². The van der Waals surface area contributed by atoms with Crippen LogP contribution < -0.4 is 0 Å². The van der Waals surface area contributed by atoms with E-state index in [0.29, 0.717) is 24.8 Å². The van der Waals surface area contributed by atoms with Gasteiger partial charge in [-0.05, 0) is 49.7 Å². The lowest BCUT2D eigenvalue weighted by Crippen LogP contribution is -2.38. The average Bonchev–Trinajstić information content (AvgIpc) is 2.97. The van der Waals surface area contributed by atoms with Gasteiger partial charge in [-0.1, -0.05) is 45.3 Å². The number of carboxylic acid groups (broad SMARTS) is 1. The second-order valence-electron chi connectivity index (χ2n) is 7.39. The van der Waals surface area contributed by atoms with Crippen molar-refractivity contribution in [3.63, 3.8) is 0 Å². The highest BCUT2D eigenvalue weighted by atomic mass is 16.5. The van der Waals surface area contributed by atoms with Crippen LogP contribution in [0.25, 0.3) is 0 Å². The molecule has 27 heavy (non-hydrogen) atoms. The smallest absolute Gasteiger partial charge is 0.364 e. The van der Waals surface area contributed by atoms with E-state index in [1.165, 1.54) is 25.7 Å². The van der Waals surface area contributed by atoms with Gasteiger partial charge in [0.25, 0.3) is 5.79 Å². The molecule has 2 atom stereocenters. The topological polar surface area (TPSA) is 94.8 Å². The second kappa shape index (κ2) is 11.9. The van der Waals surface area contributed by atoms with Gasteiger partial charge in [0.05, 0.1) is 0 Å². The fourth-order valence-electron chi connectivity index (χ4n) is 3.41. The summed E-state index contributed by atoms with van der Waals surface area (Å²) in [5, 5.41) is 27.8. The minimum atomic E-state index is -2.78. The molecule has 0 aromatic carbocycles. The molecule has 0 aliphatic heterocycles. The number of unbranched alkanes of at least 4 members (excludes halogenated alkanes) is 4. The Balaban J connectivity index is 2.65. The summed E-state index contributed by atoms with van der Waals surface area (Å²) in [6.07, 6.45) is 14.2. The molecule has 0 radical (unpaired) electrons. The van der Waals surface area contributed by atoms with Crippen LogP contribution in [0.5, 0.6) is 0 Å². The van der Waals surface area contributed by atoms with E-state index in [2.05, 4.69) is 24.8 Å². The number of Topliss-reactive ketones (excluding diaryl/α,β-unsaturated/α-hetero) is 1. The normalized spacial score (nSPS) is 20.1. The molecule has 0 aromatic rings. The van der Waals surface area contributed by atoms with E-state index in [9.17, 15) is 19.8 Å². The average molecular weight is 379 g/mol. The Labute approximate surface area is 162 Å². The maximum Gasteiger partial charge on any atom is 0.364 e. The van der Waals surface area contributed by atoms with Crippen LogP contribution >= 0.6 is 0 Å². The Kier molecular flexibility index (Phi) is 10.3. The van der Waals surface area contributed by atoms with Gasteiger partial charge in [0.2, 0.25) is 0 Å². The van der Waals surface area contributed by atoms with Crippen molar-refractivity contribution in [2.75, 3.05) is 0 Å². The molecule has 0 spiro atoms. The molecular formula is C22H34O5. The van der Waals surface area contributed by atoms with E-state index in [1.54, 1.807) is 13.0 Å². The molecule has 0 aromatic heterocycles. The first-order valence-corrected chi connectivity index (χ1v) is 10.1. The Bertz CT molecular complexity index is 582. The molecular weight excluding hydrogens is 344 g/mol. The van der Waals surface area contributed by atoms with Gasteiger partial charge in [-0.25, -0.2) is 4.79 Å². The number of aliphatic hydroxyl groups is 2. The summed E-state index contributed by atoms with van der Waals surface area (Å²) >= 11 is 0. The molecule has 1 fully saturated rings. The summed E-state index contributed by atoms with van der Waals surface area (Å²) in [6.45, 7) is 4.00. The van der Waals surface area contributed by atoms with E-state index in [1.807, 2.05) is 0 Å². The van der Waals surface area contributed by atoms with E-state index in [0.717, 1.165) is 12.8 Å². The molecule has 0 bridgehead atoms. The maximum atomic E-state index is 12.2. The van der Waals surface area contributed by atoms with Crippen molar-refractivity contribution in [2.45, 2.75) is 83.8 Å². The standard InChI is InChI=1S/C22H34O5/c1-3-5-6-7-8-9-12-18-14-15-20(23)19(18)13-10-11-17(4-2)16-22(26,27)21(24)25/h9-10,12,18-19,26-27H,3-8,13-16H2,1-2H3,(H,24,25)/t11?,18-,19+/m0/s1. The lowest BCUT2D eigenvalue weighted by molar-refractivity contribution is -0.202. The van der Waals surface area contributed by atoms with Crippen molar-refractivity contribution in [1.82, 2.24) is 0 Å². The van der Waals surface area contributed by atoms with Gasteiger partial charge in [0, 0.05) is 18.8 Å². The predicted molar refractivity (Wildman–Crippen MR) is 105 cm³/mol. The van der Waals surface area contributed by atoms with Gasteiger partial charge in [0.15, 0.2) is 0 Å². The van der Waals surface area contributed by atoms with Crippen LogP contribution in [-0.4, -0.2) is 32.9 Å². The lowest BCUT2D eigenvalue weighted by atomic mass is 9.91. The van der Waals surface area contributed by atoms with Crippen LogP contribution in [-0.2, 0) is 9.59 Å². The van der Waals surface area contributed by atoms with Crippen LogP contribution in [0.4, 0.5) is 0 Å². The second-order valence-corrected chi connectivity index (χ2v) is 7.39. The number of allylic oxidation sites excluding steroid dienone is 2. The molecule has 0 amide bonds. The largest absolute Gasteiger partial charge is 0.477 e. The van der Waals surface area contributed by atoms with Gasteiger partial charge in [-0.3, -0.25) is 4.79 Å². The monoisotopic (exact) mass is 378 g/mol. The zero-order valence-electron chi connectivity index (χ0n) is 16.6. The zero-order chi connectivity index (χ0) is 20.3. The first kappa shape index (κ1) is 23.4. The van der Waals surface area contributed by atoms with Crippen molar-refractivity contribution < 1.29 is 24.9 Å². The molecule has 0 heterocycles. The number of carbonyl (C=O) groups is 2. The Morgan fingerprint density at radius 1 is 1.26 bits per heavy atom. The highest BCUT2D eigenvalue weighted by molar-refractivity contribution is 5.83. The van der Waals surface area contributed by atoms with Gasteiger partial charge in [-0.15, -0.1) is 5.73 Å². The van der Waals surface area contributed by atoms with Gasteiger partial charge in [0.1, 0.15) is 5.78 Å². The maximum absolute atomic E-state index is 12.2. The molecule has 152 valence electrons. The molecule has 1 aliphatic carbocycles. The Morgan fingerprint density at radius 2 is 2.00 bits per heavy atom. The lowest BCUT2D eigenvalue weighted by Gasteiger charge is -2.16. The van der Waals surface area contributed by atoms with Crippen molar-refractivity contribution in [3.05, 3.63) is 29.5 Å². The third kappa shape index (κ3) is 8.25. The highest BCUT2D eigenvalue weighted by Gasteiger charge is 2.34.